The van der Waals surface area contributed by atoms with Gasteiger partial charge in [0.1, 0.15) is 11.6 Å². The van der Waals surface area contributed by atoms with Crippen LogP contribution in [0.5, 0.6) is 0 Å². The predicted octanol–water partition coefficient (Wildman–Crippen LogP) is 5.16. The normalized spacial score (nSPS) is 11.1. The van der Waals surface area contributed by atoms with Crippen molar-refractivity contribution in [2.75, 3.05) is 0 Å². The molecule has 18 heavy (non-hydrogen) atoms. The average molecular weight is 248 g/mol. The topological polar surface area (TPSA) is 0 Å². The van der Waals surface area contributed by atoms with Crippen molar-refractivity contribution in [3.05, 3.63) is 47.0 Å². The third kappa shape index (κ3) is 2.53. The summed E-state index contributed by atoms with van der Waals surface area (Å²) >= 11 is 0. The summed E-state index contributed by atoms with van der Waals surface area (Å²) < 4.78 is 27.8. The predicted molar refractivity (Wildman–Crippen MR) is 71.8 cm³/mol. The van der Waals surface area contributed by atoms with E-state index in [-0.39, 0.29) is 5.39 Å². The van der Waals surface area contributed by atoms with Crippen LogP contribution >= 0.6 is 0 Å². The number of hydrogen-bond acceptors (Lipinski definition) is 0. The Morgan fingerprint density at radius 3 is 2.56 bits per heavy atom. The van der Waals surface area contributed by atoms with Crippen molar-refractivity contribution >= 4 is 10.8 Å². The molecule has 2 aromatic rings. The fraction of sp³-hybridized carbons (Fsp3) is 0.375. The summed E-state index contributed by atoms with van der Waals surface area (Å²) in [5, 5.41) is 0.777. The number of fused-ring (bicyclic) bond motifs is 1. The van der Waals surface area contributed by atoms with Crippen molar-refractivity contribution in [1.29, 1.82) is 0 Å². The van der Waals surface area contributed by atoms with Crippen LogP contribution in [0.25, 0.3) is 10.8 Å². The molecule has 0 saturated heterocycles. The first-order chi connectivity index (χ1) is 8.63. The molecule has 0 saturated carbocycles. The van der Waals surface area contributed by atoms with E-state index in [9.17, 15) is 8.78 Å². The molecule has 0 nitrogen and oxygen atoms in total. The van der Waals surface area contributed by atoms with Gasteiger partial charge in [0.15, 0.2) is 0 Å². The van der Waals surface area contributed by atoms with Crippen molar-refractivity contribution in [3.8, 4) is 0 Å². The lowest BCUT2D eigenvalue weighted by molar-refractivity contribution is 0.601. The molecule has 0 fully saturated rings. The summed E-state index contributed by atoms with van der Waals surface area (Å²) in [7, 11) is 0. The van der Waals surface area contributed by atoms with Gasteiger partial charge in [-0.25, -0.2) is 8.78 Å². The number of benzene rings is 2. The Morgan fingerprint density at radius 1 is 1.06 bits per heavy atom. The number of rotatable bonds is 4. The van der Waals surface area contributed by atoms with Gasteiger partial charge in [0.2, 0.25) is 0 Å². The van der Waals surface area contributed by atoms with E-state index in [1.54, 1.807) is 19.1 Å². The van der Waals surface area contributed by atoms with Crippen LogP contribution in [0.2, 0.25) is 0 Å². The van der Waals surface area contributed by atoms with E-state index < -0.39 is 11.6 Å². The average Bonchev–Trinajstić information content (AvgIpc) is 2.34. The van der Waals surface area contributed by atoms with E-state index >= 15 is 0 Å². The molecular weight excluding hydrogens is 230 g/mol. The number of unbranched alkanes of at least 4 members (excludes halogenated alkanes) is 2. The van der Waals surface area contributed by atoms with Crippen LogP contribution in [0.15, 0.2) is 24.3 Å². The third-order valence-electron chi connectivity index (χ3n) is 3.33. The van der Waals surface area contributed by atoms with Gasteiger partial charge in [0.05, 0.1) is 5.39 Å². The number of hydrogen-bond donors (Lipinski definition) is 0. The van der Waals surface area contributed by atoms with Gasteiger partial charge >= 0.3 is 0 Å². The first-order valence-corrected chi connectivity index (χ1v) is 6.50. The summed E-state index contributed by atoms with van der Waals surface area (Å²) in [4.78, 5) is 0. The van der Waals surface area contributed by atoms with Crippen molar-refractivity contribution in [1.82, 2.24) is 0 Å². The molecule has 0 aromatic heterocycles. The van der Waals surface area contributed by atoms with Gasteiger partial charge in [-0.2, -0.15) is 0 Å². The smallest absolute Gasteiger partial charge is 0.136 e. The van der Waals surface area contributed by atoms with E-state index in [0.717, 1.165) is 31.2 Å². The second kappa shape index (κ2) is 5.47. The molecule has 0 radical (unpaired) electrons. The van der Waals surface area contributed by atoms with Gasteiger partial charge in [0, 0.05) is 0 Å². The largest absolute Gasteiger partial charge is 0.206 e. The highest BCUT2D eigenvalue weighted by atomic mass is 19.1. The Hall–Kier alpha value is -1.44. The van der Waals surface area contributed by atoms with Crippen LogP contribution in [0, 0.1) is 18.6 Å². The fourth-order valence-corrected chi connectivity index (χ4v) is 2.26. The SMILES string of the molecule is CCCCCc1cc(F)c2c(F)c(C)ccc2c1. The number of aryl methyl sites for hydroxylation is 2. The summed E-state index contributed by atoms with van der Waals surface area (Å²) in [6.07, 6.45) is 4.19. The molecule has 0 N–H and O–H groups in total. The van der Waals surface area contributed by atoms with Crippen LogP contribution in [0.3, 0.4) is 0 Å². The fourth-order valence-electron chi connectivity index (χ4n) is 2.26. The van der Waals surface area contributed by atoms with E-state index in [1.807, 2.05) is 6.07 Å². The molecular formula is C16H18F2. The first kappa shape index (κ1) is 13.0. The van der Waals surface area contributed by atoms with Crippen molar-refractivity contribution in [2.24, 2.45) is 0 Å². The molecule has 0 heterocycles. The Bertz CT molecular complexity index is 559. The second-order valence-corrected chi connectivity index (χ2v) is 4.83. The van der Waals surface area contributed by atoms with Gasteiger partial charge in [-0.05, 0) is 42.3 Å². The molecule has 2 rings (SSSR count). The Balaban J connectivity index is 2.41. The lowest BCUT2D eigenvalue weighted by Crippen LogP contribution is -1.93. The number of halogens is 2. The lowest BCUT2D eigenvalue weighted by atomic mass is 10.0. The Labute approximate surface area is 107 Å². The van der Waals surface area contributed by atoms with E-state index in [1.165, 1.54) is 6.07 Å². The van der Waals surface area contributed by atoms with Gasteiger partial charge in [-0.3, -0.25) is 0 Å². The zero-order chi connectivity index (χ0) is 13.1. The van der Waals surface area contributed by atoms with E-state index in [2.05, 4.69) is 6.92 Å². The van der Waals surface area contributed by atoms with Crippen LogP contribution in [-0.2, 0) is 6.42 Å². The van der Waals surface area contributed by atoms with E-state index in [0.29, 0.717) is 10.9 Å². The third-order valence-corrected chi connectivity index (χ3v) is 3.33. The van der Waals surface area contributed by atoms with Crippen molar-refractivity contribution in [3.63, 3.8) is 0 Å². The molecule has 0 unspecified atom stereocenters. The minimum atomic E-state index is -0.444. The Kier molecular flexibility index (Phi) is 3.95. The molecule has 0 amide bonds. The van der Waals surface area contributed by atoms with Crippen LogP contribution in [0.4, 0.5) is 8.78 Å². The minimum Gasteiger partial charge on any atom is -0.206 e. The monoisotopic (exact) mass is 248 g/mol. The highest BCUT2D eigenvalue weighted by Gasteiger charge is 2.10. The van der Waals surface area contributed by atoms with Crippen LogP contribution in [0.1, 0.15) is 37.3 Å². The lowest BCUT2D eigenvalue weighted by Gasteiger charge is -2.07. The van der Waals surface area contributed by atoms with Crippen LogP contribution in [-0.4, -0.2) is 0 Å². The summed E-state index contributed by atoms with van der Waals surface area (Å²) in [5.41, 5.74) is 1.44. The highest BCUT2D eigenvalue weighted by Crippen LogP contribution is 2.25. The summed E-state index contributed by atoms with van der Waals surface area (Å²) in [6, 6.07) is 6.87. The molecule has 96 valence electrons. The van der Waals surface area contributed by atoms with Gasteiger partial charge in [-0.1, -0.05) is 38.0 Å². The first-order valence-electron chi connectivity index (χ1n) is 6.50. The minimum absolute atomic E-state index is 0.120. The Morgan fingerprint density at radius 2 is 1.83 bits per heavy atom. The molecule has 0 aliphatic rings. The van der Waals surface area contributed by atoms with Gasteiger partial charge < -0.3 is 0 Å². The summed E-state index contributed by atoms with van der Waals surface area (Å²) in [6.45, 7) is 3.79. The van der Waals surface area contributed by atoms with Gasteiger partial charge in [-0.15, -0.1) is 0 Å². The maximum atomic E-state index is 14.0. The molecule has 0 aliphatic carbocycles. The maximum Gasteiger partial charge on any atom is 0.136 e. The van der Waals surface area contributed by atoms with E-state index in [4.69, 9.17) is 0 Å². The van der Waals surface area contributed by atoms with Gasteiger partial charge in [0.25, 0.3) is 0 Å². The molecule has 0 aliphatic heterocycles. The highest BCUT2D eigenvalue weighted by molar-refractivity contribution is 5.85. The van der Waals surface area contributed by atoms with Crippen molar-refractivity contribution in [2.45, 2.75) is 39.5 Å². The molecule has 2 heteroatoms. The van der Waals surface area contributed by atoms with Crippen LogP contribution < -0.4 is 0 Å². The molecule has 0 atom stereocenters. The summed E-state index contributed by atoms with van der Waals surface area (Å²) in [5.74, 6) is -0.884. The second-order valence-electron chi connectivity index (χ2n) is 4.83. The molecule has 0 spiro atoms. The zero-order valence-electron chi connectivity index (χ0n) is 10.9. The molecule has 2 aromatic carbocycles. The quantitative estimate of drug-likeness (QED) is 0.656. The standard InChI is InChI=1S/C16H18F2/c1-3-4-5-6-12-9-13-8-7-11(2)16(18)15(13)14(17)10-12/h7-10H,3-6H2,1-2H3. The maximum absolute atomic E-state index is 14.0. The van der Waals surface area contributed by atoms with Crippen molar-refractivity contribution < 1.29 is 8.78 Å². The zero-order valence-corrected chi connectivity index (χ0v) is 10.9. The molecule has 0 bridgehead atoms.